The van der Waals surface area contributed by atoms with E-state index in [-0.39, 0.29) is 5.91 Å². The molecule has 1 aromatic rings. The molecular weight excluding hydrogens is 262 g/mol. The summed E-state index contributed by atoms with van der Waals surface area (Å²) in [6.07, 6.45) is 9.08. The van der Waals surface area contributed by atoms with Gasteiger partial charge in [0.25, 0.3) is 5.91 Å². The van der Waals surface area contributed by atoms with E-state index in [1.165, 1.54) is 6.42 Å². The van der Waals surface area contributed by atoms with Crippen molar-refractivity contribution >= 4 is 11.5 Å². The van der Waals surface area contributed by atoms with Gasteiger partial charge in [-0.05, 0) is 36.5 Å². The predicted molar refractivity (Wildman–Crippen MR) is 83.6 cm³/mol. The Balaban J connectivity index is 1.73. The number of carbonyl (C=O) groups excluding carboxylic acids is 1. The smallest absolute Gasteiger partial charge is 0.258 e. The normalized spacial score (nSPS) is 25.6. The van der Waals surface area contributed by atoms with Gasteiger partial charge in [0.15, 0.2) is 5.60 Å². The predicted octanol–water partition coefficient (Wildman–Crippen LogP) is 2.77. The summed E-state index contributed by atoms with van der Waals surface area (Å²) in [4.78, 5) is 14.3. The van der Waals surface area contributed by atoms with E-state index in [9.17, 15) is 9.90 Å². The van der Waals surface area contributed by atoms with Crippen LogP contribution in [0.4, 0.5) is 0 Å². The van der Waals surface area contributed by atoms with Gasteiger partial charge in [0.05, 0.1) is 0 Å². The summed E-state index contributed by atoms with van der Waals surface area (Å²) in [6.45, 7) is 1.54. The lowest BCUT2D eigenvalue weighted by atomic mass is 9.88. The molecule has 1 fully saturated rings. The number of hydrogen-bond donors (Lipinski definition) is 1. The molecule has 1 saturated heterocycles. The maximum absolute atomic E-state index is 12.5. The topological polar surface area (TPSA) is 40.5 Å². The molecule has 3 rings (SSSR count). The van der Waals surface area contributed by atoms with E-state index in [0.717, 1.165) is 37.1 Å². The van der Waals surface area contributed by atoms with E-state index in [0.29, 0.717) is 6.42 Å². The lowest BCUT2D eigenvalue weighted by Gasteiger charge is -2.34. The molecule has 2 aliphatic rings. The Morgan fingerprint density at radius 3 is 2.43 bits per heavy atom. The van der Waals surface area contributed by atoms with Gasteiger partial charge in [-0.25, -0.2) is 0 Å². The molecule has 21 heavy (non-hydrogen) atoms. The SMILES string of the molecule is O=C(N1CCCCC1)C1(O)C=CC(c2ccccc2)=CC1. The molecular formula is C18H21NO2. The van der Waals surface area contributed by atoms with Gasteiger partial charge in [0, 0.05) is 19.5 Å². The molecule has 1 N–H and O–H groups in total. The second-order valence-corrected chi connectivity index (χ2v) is 5.84. The quantitative estimate of drug-likeness (QED) is 0.906. The highest BCUT2D eigenvalue weighted by Crippen LogP contribution is 2.29. The Morgan fingerprint density at radius 2 is 1.81 bits per heavy atom. The number of aliphatic hydroxyl groups is 1. The molecule has 1 aromatic carbocycles. The van der Waals surface area contributed by atoms with Crippen LogP contribution in [0.15, 0.2) is 48.6 Å². The zero-order chi connectivity index (χ0) is 14.7. The molecule has 1 aliphatic heterocycles. The number of nitrogens with zero attached hydrogens (tertiary/aromatic N) is 1. The Labute approximate surface area is 125 Å². The molecule has 1 heterocycles. The van der Waals surface area contributed by atoms with Crippen molar-refractivity contribution in [3.8, 4) is 0 Å². The maximum Gasteiger partial charge on any atom is 0.258 e. The van der Waals surface area contributed by atoms with E-state index in [1.54, 1.807) is 11.0 Å². The second-order valence-electron chi connectivity index (χ2n) is 5.84. The first-order valence-corrected chi connectivity index (χ1v) is 7.66. The Bertz CT molecular complexity index is 570. The van der Waals surface area contributed by atoms with Gasteiger partial charge in [-0.15, -0.1) is 0 Å². The van der Waals surface area contributed by atoms with Crippen molar-refractivity contribution in [2.75, 3.05) is 13.1 Å². The van der Waals surface area contributed by atoms with Crippen LogP contribution in [-0.2, 0) is 4.79 Å². The first-order valence-electron chi connectivity index (χ1n) is 7.66. The van der Waals surface area contributed by atoms with Crippen molar-refractivity contribution in [2.24, 2.45) is 0 Å². The van der Waals surface area contributed by atoms with Crippen molar-refractivity contribution in [1.82, 2.24) is 4.90 Å². The van der Waals surface area contributed by atoms with E-state index in [2.05, 4.69) is 0 Å². The minimum Gasteiger partial charge on any atom is -0.376 e. The largest absolute Gasteiger partial charge is 0.376 e. The zero-order valence-corrected chi connectivity index (χ0v) is 12.2. The van der Waals surface area contributed by atoms with Gasteiger partial charge in [-0.2, -0.15) is 0 Å². The molecule has 0 saturated carbocycles. The molecule has 0 radical (unpaired) electrons. The van der Waals surface area contributed by atoms with Gasteiger partial charge in [0.1, 0.15) is 0 Å². The van der Waals surface area contributed by atoms with Crippen LogP contribution in [0.3, 0.4) is 0 Å². The van der Waals surface area contributed by atoms with Crippen LogP contribution in [0.25, 0.3) is 5.57 Å². The van der Waals surface area contributed by atoms with E-state index < -0.39 is 5.60 Å². The van der Waals surface area contributed by atoms with Crippen molar-refractivity contribution in [2.45, 2.75) is 31.3 Å². The second kappa shape index (κ2) is 5.86. The van der Waals surface area contributed by atoms with Crippen molar-refractivity contribution in [1.29, 1.82) is 0 Å². The summed E-state index contributed by atoms with van der Waals surface area (Å²) in [5.41, 5.74) is 0.809. The molecule has 0 bridgehead atoms. The molecule has 110 valence electrons. The molecule has 1 unspecified atom stereocenters. The molecule has 1 atom stereocenters. The fraction of sp³-hybridized carbons (Fsp3) is 0.389. The first-order chi connectivity index (χ1) is 10.2. The first kappa shape index (κ1) is 14.1. The number of allylic oxidation sites excluding steroid dienone is 2. The summed E-state index contributed by atoms with van der Waals surface area (Å²) >= 11 is 0. The van der Waals surface area contributed by atoms with Gasteiger partial charge in [0.2, 0.25) is 0 Å². The van der Waals surface area contributed by atoms with Gasteiger partial charge in [-0.1, -0.05) is 42.5 Å². The van der Waals surface area contributed by atoms with Crippen LogP contribution >= 0.6 is 0 Å². The zero-order valence-electron chi connectivity index (χ0n) is 12.2. The van der Waals surface area contributed by atoms with Gasteiger partial charge in [-0.3, -0.25) is 4.79 Å². The highest BCUT2D eigenvalue weighted by molar-refractivity contribution is 5.90. The van der Waals surface area contributed by atoms with Crippen LogP contribution in [0.5, 0.6) is 0 Å². The maximum atomic E-state index is 12.5. The monoisotopic (exact) mass is 283 g/mol. The molecule has 1 amide bonds. The molecule has 3 nitrogen and oxygen atoms in total. The number of piperidine rings is 1. The molecule has 0 aromatic heterocycles. The number of carbonyl (C=O) groups is 1. The third kappa shape index (κ3) is 2.93. The number of rotatable bonds is 2. The third-order valence-corrected chi connectivity index (χ3v) is 4.29. The average molecular weight is 283 g/mol. The summed E-state index contributed by atoms with van der Waals surface area (Å²) in [5.74, 6) is -0.151. The van der Waals surface area contributed by atoms with E-state index >= 15 is 0 Å². The van der Waals surface area contributed by atoms with Gasteiger partial charge >= 0.3 is 0 Å². The molecule has 1 aliphatic carbocycles. The summed E-state index contributed by atoms with van der Waals surface area (Å²) in [6, 6.07) is 10.0. The molecule has 0 spiro atoms. The van der Waals surface area contributed by atoms with Crippen LogP contribution in [0.1, 0.15) is 31.2 Å². The van der Waals surface area contributed by atoms with Crippen LogP contribution in [-0.4, -0.2) is 34.6 Å². The highest BCUT2D eigenvalue weighted by atomic mass is 16.3. The van der Waals surface area contributed by atoms with Crippen LogP contribution in [0.2, 0.25) is 0 Å². The molecule has 3 heteroatoms. The van der Waals surface area contributed by atoms with Crippen molar-refractivity contribution in [3.63, 3.8) is 0 Å². The van der Waals surface area contributed by atoms with Crippen LogP contribution < -0.4 is 0 Å². The number of amides is 1. The summed E-state index contributed by atoms with van der Waals surface area (Å²) < 4.78 is 0. The van der Waals surface area contributed by atoms with Crippen molar-refractivity contribution < 1.29 is 9.90 Å². The van der Waals surface area contributed by atoms with E-state index in [1.807, 2.05) is 42.5 Å². The lowest BCUT2D eigenvalue weighted by molar-refractivity contribution is -0.147. The average Bonchev–Trinajstić information content (AvgIpc) is 2.56. The van der Waals surface area contributed by atoms with Crippen LogP contribution in [0, 0.1) is 0 Å². The fourth-order valence-electron chi connectivity index (χ4n) is 3.00. The Morgan fingerprint density at radius 1 is 1.10 bits per heavy atom. The highest BCUT2D eigenvalue weighted by Gasteiger charge is 2.37. The number of benzene rings is 1. The number of hydrogen-bond acceptors (Lipinski definition) is 2. The Kier molecular flexibility index (Phi) is 3.93. The standard InChI is InChI=1S/C18H21NO2/c20-17(19-13-5-2-6-14-19)18(21)11-9-16(10-12-18)15-7-3-1-4-8-15/h1,3-4,7-11,21H,2,5-6,12-14H2. The third-order valence-electron chi connectivity index (χ3n) is 4.29. The minimum absolute atomic E-state index is 0.151. The summed E-state index contributed by atoms with van der Waals surface area (Å²) in [5, 5.41) is 10.6. The summed E-state index contributed by atoms with van der Waals surface area (Å²) in [7, 11) is 0. The fourth-order valence-corrected chi connectivity index (χ4v) is 3.00. The minimum atomic E-state index is -1.37. The van der Waals surface area contributed by atoms with E-state index in [4.69, 9.17) is 0 Å². The van der Waals surface area contributed by atoms with Gasteiger partial charge < -0.3 is 10.0 Å². The lowest BCUT2D eigenvalue weighted by Crippen LogP contribution is -2.49. The van der Waals surface area contributed by atoms with Crippen molar-refractivity contribution in [3.05, 3.63) is 54.1 Å². The number of likely N-dealkylation sites (tertiary alicyclic amines) is 1. The Hall–Kier alpha value is -1.87.